The van der Waals surface area contributed by atoms with Crippen molar-refractivity contribution in [3.8, 4) is 0 Å². The molecule has 3 aromatic rings. The summed E-state index contributed by atoms with van der Waals surface area (Å²) in [5.74, 6) is -1.15. The Balaban J connectivity index is 1.55. The van der Waals surface area contributed by atoms with Crippen LogP contribution in [0.15, 0.2) is 72.8 Å². The molecule has 6 heteroatoms. The molecule has 28 heavy (non-hydrogen) atoms. The summed E-state index contributed by atoms with van der Waals surface area (Å²) in [5, 5.41) is 10.6. The predicted octanol–water partition coefficient (Wildman–Crippen LogP) is 3.14. The summed E-state index contributed by atoms with van der Waals surface area (Å²) < 4.78 is 0. The minimum absolute atomic E-state index is 0.331. The lowest BCUT2D eigenvalue weighted by molar-refractivity contribution is 0.0919. The molecule has 2 heterocycles. The van der Waals surface area contributed by atoms with Crippen LogP contribution in [-0.2, 0) is 0 Å². The van der Waals surface area contributed by atoms with Crippen LogP contribution in [0.5, 0.6) is 0 Å². The van der Waals surface area contributed by atoms with Crippen LogP contribution in [0.1, 0.15) is 42.9 Å². The van der Waals surface area contributed by atoms with Crippen LogP contribution in [0, 0.1) is 0 Å². The smallest absolute Gasteiger partial charge is 0.266 e. The van der Waals surface area contributed by atoms with E-state index < -0.39 is 18.0 Å². The Morgan fingerprint density at radius 2 is 1.21 bits per heavy atom. The highest BCUT2D eigenvalue weighted by Crippen LogP contribution is 2.38. The van der Waals surface area contributed by atoms with Crippen LogP contribution in [0.2, 0.25) is 0 Å². The highest BCUT2D eigenvalue weighted by molar-refractivity contribution is 6.34. The van der Waals surface area contributed by atoms with Gasteiger partial charge in [0.05, 0.1) is 16.8 Å². The molecule has 0 saturated carbocycles. The van der Waals surface area contributed by atoms with Gasteiger partial charge in [0.15, 0.2) is 6.23 Å². The Labute approximate surface area is 160 Å². The zero-order valence-corrected chi connectivity index (χ0v) is 14.6. The molecule has 5 rings (SSSR count). The van der Waals surface area contributed by atoms with Gasteiger partial charge < -0.3 is 5.11 Å². The molecule has 1 atom stereocenters. The third kappa shape index (κ3) is 2.15. The van der Waals surface area contributed by atoms with Gasteiger partial charge in [-0.25, -0.2) is 4.90 Å². The first-order valence-corrected chi connectivity index (χ1v) is 8.76. The average Bonchev–Trinajstić information content (AvgIpc) is 3.13. The van der Waals surface area contributed by atoms with Crippen molar-refractivity contribution >= 4 is 29.1 Å². The van der Waals surface area contributed by atoms with Crippen molar-refractivity contribution in [2.45, 2.75) is 6.23 Å². The maximum Gasteiger partial charge on any atom is 0.266 e. The van der Waals surface area contributed by atoms with E-state index in [1.165, 1.54) is 4.90 Å². The number of aliphatic hydroxyl groups excluding tert-OH is 1. The normalized spacial score (nSPS) is 17.9. The van der Waals surface area contributed by atoms with Crippen molar-refractivity contribution < 1.29 is 19.5 Å². The zero-order valence-electron chi connectivity index (χ0n) is 14.6. The standard InChI is InChI=1S/C22H14N2O4/c25-19-15-8-1-2-9-16(15)20(26)23(19)13-6-5-7-14(12-13)24-21(27)17-10-3-4-11-18(17)22(24)28/h1-12,19,25H. The number of rotatable bonds is 2. The predicted molar refractivity (Wildman–Crippen MR) is 102 cm³/mol. The maximum atomic E-state index is 12.8. The largest absolute Gasteiger partial charge is 0.369 e. The number of carbonyl (C=O) groups excluding carboxylic acids is 3. The maximum absolute atomic E-state index is 12.8. The summed E-state index contributed by atoms with van der Waals surface area (Å²) in [5.41, 5.74) is 2.41. The van der Waals surface area contributed by atoms with Gasteiger partial charge in [-0.1, -0.05) is 36.4 Å². The second kappa shape index (κ2) is 5.87. The molecular formula is C22H14N2O4. The number of amides is 3. The number of imide groups is 1. The zero-order chi connectivity index (χ0) is 19.4. The first-order valence-electron chi connectivity index (χ1n) is 8.76. The minimum atomic E-state index is -1.12. The van der Waals surface area contributed by atoms with Crippen LogP contribution in [0.3, 0.4) is 0 Å². The third-order valence-corrected chi connectivity index (χ3v) is 5.09. The fourth-order valence-electron chi connectivity index (χ4n) is 3.76. The average molecular weight is 370 g/mol. The summed E-state index contributed by atoms with van der Waals surface area (Å²) in [6, 6.07) is 20.0. The Morgan fingerprint density at radius 1 is 0.643 bits per heavy atom. The Bertz CT molecular complexity index is 1140. The van der Waals surface area contributed by atoms with Gasteiger partial charge in [0, 0.05) is 16.8 Å². The number of fused-ring (bicyclic) bond motifs is 2. The van der Waals surface area contributed by atoms with Gasteiger partial charge in [-0.15, -0.1) is 0 Å². The van der Waals surface area contributed by atoms with E-state index in [9.17, 15) is 19.5 Å². The van der Waals surface area contributed by atoms with Crippen molar-refractivity contribution in [3.63, 3.8) is 0 Å². The molecule has 0 aromatic heterocycles. The number of hydrogen-bond donors (Lipinski definition) is 1. The van der Waals surface area contributed by atoms with Crippen molar-refractivity contribution in [1.29, 1.82) is 0 Å². The van der Waals surface area contributed by atoms with Crippen LogP contribution < -0.4 is 9.80 Å². The summed E-state index contributed by atoms with van der Waals surface area (Å²) in [4.78, 5) is 40.6. The molecule has 1 N–H and O–H groups in total. The Hall–Kier alpha value is -3.77. The fraction of sp³-hybridized carbons (Fsp3) is 0.0455. The number of benzene rings is 3. The van der Waals surface area contributed by atoms with E-state index in [0.29, 0.717) is 33.6 Å². The Kier molecular flexibility index (Phi) is 3.44. The second-order valence-electron chi connectivity index (χ2n) is 6.65. The van der Waals surface area contributed by atoms with Gasteiger partial charge in [-0.05, 0) is 36.4 Å². The fourth-order valence-corrected chi connectivity index (χ4v) is 3.76. The molecule has 0 radical (unpaired) electrons. The highest BCUT2D eigenvalue weighted by atomic mass is 16.3. The van der Waals surface area contributed by atoms with E-state index in [0.717, 1.165) is 4.90 Å². The van der Waals surface area contributed by atoms with Gasteiger partial charge in [0.1, 0.15) is 0 Å². The van der Waals surface area contributed by atoms with Crippen molar-refractivity contribution in [2.75, 3.05) is 9.80 Å². The molecule has 0 spiro atoms. The monoisotopic (exact) mass is 370 g/mol. The third-order valence-electron chi connectivity index (χ3n) is 5.09. The topological polar surface area (TPSA) is 77.9 Å². The molecular weight excluding hydrogens is 356 g/mol. The summed E-state index contributed by atoms with van der Waals surface area (Å²) >= 11 is 0. The van der Waals surface area contributed by atoms with E-state index in [1.54, 1.807) is 72.8 Å². The van der Waals surface area contributed by atoms with Gasteiger partial charge >= 0.3 is 0 Å². The quantitative estimate of drug-likeness (QED) is 0.703. The molecule has 0 saturated heterocycles. The van der Waals surface area contributed by atoms with Gasteiger partial charge in [-0.3, -0.25) is 19.3 Å². The summed E-state index contributed by atoms with van der Waals surface area (Å²) in [6.45, 7) is 0. The van der Waals surface area contributed by atoms with Gasteiger partial charge in [0.2, 0.25) is 0 Å². The molecule has 3 aromatic carbocycles. The van der Waals surface area contributed by atoms with Gasteiger partial charge in [0.25, 0.3) is 17.7 Å². The first kappa shape index (κ1) is 16.4. The van der Waals surface area contributed by atoms with Crippen molar-refractivity contribution in [3.05, 3.63) is 95.1 Å². The number of aliphatic hydroxyl groups is 1. The number of anilines is 2. The van der Waals surface area contributed by atoms with Crippen molar-refractivity contribution in [2.24, 2.45) is 0 Å². The summed E-state index contributed by atoms with van der Waals surface area (Å²) in [6.07, 6.45) is -1.12. The van der Waals surface area contributed by atoms with Crippen LogP contribution in [0.4, 0.5) is 11.4 Å². The molecule has 0 fully saturated rings. The molecule has 0 bridgehead atoms. The van der Waals surface area contributed by atoms with E-state index in [4.69, 9.17) is 0 Å². The lowest BCUT2D eigenvalue weighted by Crippen LogP contribution is -2.31. The lowest BCUT2D eigenvalue weighted by atomic mass is 10.1. The molecule has 6 nitrogen and oxygen atoms in total. The Morgan fingerprint density at radius 3 is 1.86 bits per heavy atom. The molecule has 1 unspecified atom stereocenters. The number of nitrogens with zero attached hydrogens (tertiary/aromatic N) is 2. The van der Waals surface area contributed by atoms with Gasteiger partial charge in [-0.2, -0.15) is 0 Å². The molecule has 3 amide bonds. The van der Waals surface area contributed by atoms with E-state index in [-0.39, 0.29) is 5.91 Å². The second-order valence-corrected chi connectivity index (χ2v) is 6.65. The molecule has 136 valence electrons. The minimum Gasteiger partial charge on any atom is -0.369 e. The van der Waals surface area contributed by atoms with Crippen molar-refractivity contribution in [1.82, 2.24) is 0 Å². The first-order chi connectivity index (χ1) is 13.6. The highest BCUT2D eigenvalue weighted by Gasteiger charge is 2.39. The molecule has 2 aliphatic heterocycles. The van der Waals surface area contributed by atoms with Crippen LogP contribution in [-0.4, -0.2) is 22.8 Å². The van der Waals surface area contributed by atoms with Crippen LogP contribution >= 0.6 is 0 Å². The lowest BCUT2D eigenvalue weighted by Gasteiger charge is -2.23. The van der Waals surface area contributed by atoms with Crippen LogP contribution in [0.25, 0.3) is 0 Å². The molecule has 2 aliphatic rings. The van der Waals surface area contributed by atoms with E-state index in [2.05, 4.69) is 0 Å². The number of hydrogen-bond acceptors (Lipinski definition) is 4. The number of carbonyl (C=O) groups is 3. The molecule has 0 aliphatic carbocycles. The summed E-state index contributed by atoms with van der Waals surface area (Å²) in [7, 11) is 0. The SMILES string of the molecule is O=C1c2ccccc2C(=O)N1c1cccc(N2C(=O)c3ccccc3C2O)c1. The van der Waals surface area contributed by atoms with E-state index in [1.807, 2.05) is 0 Å². The van der Waals surface area contributed by atoms with E-state index >= 15 is 0 Å².